The van der Waals surface area contributed by atoms with Gasteiger partial charge in [0.1, 0.15) is 6.04 Å². The molecule has 0 spiro atoms. The highest BCUT2D eigenvalue weighted by Crippen LogP contribution is 2.15. The highest BCUT2D eigenvalue weighted by Gasteiger charge is 2.25. The van der Waals surface area contributed by atoms with E-state index in [1.807, 2.05) is 6.92 Å². The fraction of sp³-hybridized carbons (Fsp3) is 0.882. The summed E-state index contributed by atoms with van der Waals surface area (Å²) in [5, 5.41) is 2.90. The van der Waals surface area contributed by atoms with E-state index < -0.39 is 6.04 Å². The SMILES string of the molecule is CCCCCCC(CC)C(=O)NC(C)C(=O)N1CCOCC1. The van der Waals surface area contributed by atoms with Gasteiger partial charge in [-0.1, -0.05) is 39.5 Å². The van der Waals surface area contributed by atoms with E-state index in [1.54, 1.807) is 11.8 Å². The fourth-order valence-electron chi connectivity index (χ4n) is 2.79. The second-order valence-corrected chi connectivity index (χ2v) is 6.12. The lowest BCUT2D eigenvalue weighted by atomic mass is 9.97. The van der Waals surface area contributed by atoms with Gasteiger partial charge in [0, 0.05) is 19.0 Å². The van der Waals surface area contributed by atoms with Crippen LogP contribution in [0.1, 0.15) is 59.3 Å². The fourth-order valence-corrected chi connectivity index (χ4v) is 2.79. The first-order chi connectivity index (χ1) is 10.6. The van der Waals surface area contributed by atoms with Crippen molar-refractivity contribution in [3.8, 4) is 0 Å². The Labute approximate surface area is 134 Å². The minimum atomic E-state index is -0.449. The van der Waals surface area contributed by atoms with Crippen molar-refractivity contribution in [3.63, 3.8) is 0 Å². The molecule has 2 unspecified atom stereocenters. The summed E-state index contributed by atoms with van der Waals surface area (Å²) in [7, 11) is 0. The highest BCUT2D eigenvalue weighted by atomic mass is 16.5. The van der Waals surface area contributed by atoms with Gasteiger partial charge in [0.2, 0.25) is 11.8 Å². The van der Waals surface area contributed by atoms with Crippen LogP contribution >= 0.6 is 0 Å². The molecule has 0 aromatic rings. The number of carbonyl (C=O) groups is 2. The van der Waals surface area contributed by atoms with Crippen molar-refractivity contribution < 1.29 is 14.3 Å². The van der Waals surface area contributed by atoms with Crippen LogP contribution in [0.5, 0.6) is 0 Å². The Morgan fingerprint density at radius 3 is 2.41 bits per heavy atom. The maximum Gasteiger partial charge on any atom is 0.245 e. The summed E-state index contributed by atoms with van der Waals surface area (Å²) in [5.74, 6) is 0.0439. The van der Waals surface area contributed by atoms with Crippen LogP contribution in [0.3, 0.4) is 0 Å². The number of nitrogens with zero attached hydrogens (tertiary/aromatic N) is 1. The van der Waals surface area contributed by atoms with E-state index in [-0.39, 0.29) is 17.7 Å². The molecule has 2 amide bonds. The first kappa shape index (κ1) is 18.9. The van der Waals surface area contributed by atoms with Gasteiger partial charge in [-0.15, -0.1) is 0 Å². The van der Waals surface area contributed by atoms with Crippen LogP contribution in [0.2, 0.25) is 0 Å². The summed E-state index contributed by atoms with van der Waals surface area (Å²) < 4.78 is 5.25. The highest BCUT2D eigenvalue weighted by molar-refractivity contribution is 5.88. The Kier molecular flexibility index (Phi) is 9.13. The molecule has 0 aromatic heterocycles. The molecular weight excluding hydrogens is 280 g/mol. The Morgan fingerprint density at radius 1 is 1.14 bits per heavy atom. The maximum atomic E-state index is 12.3. The van der Waals surface area contributed by atoms with Crippen LogP contribution < -0.4 is 5.32 Å². The molecule has 1 fully saturated rings. The number of carbonyl (C=O) groups excluding carboxylic acids is 2. The standard InChI is InChI=1S/C17H32N2O3/c1-4-6-7-8-9-15(5-2)16(20)18-14(3)17(21)19-10-12-22-13-11-19/h14-15H,4-13H2,1-3H3,(H,18,20). The van der Waals surface area contributed by atoms with Gasteiger partial charge in [0.05, 0.1) is 13.2 Å². The normalized spacial score (nSPS) is 17.9. The predicted octanol–water partition coefficient (Wildman–Crippen LogP) is 2.35. The lowest BCUT2D eigenvalue weighted by molar-refractivity contribution is -0.140. The van der Waals surface area contributed by atoms with Gasteiger partial charge >= 0.3 is 0 Å². The first-order valence-corrected chi connectivity index (χ1v) is 8.77. The average molecular weight is 312 g/mol. The summed E-state index contributed by atoms with van der Waals surface area (Å²) in [4.78, 5) is 26.4. The van der Waals surface area contributed by atoms with Gasteiger partial charge in [-0.3, -0.25) is 9.59 Å². The molecule has 0 aliphatic carbocycles. The number of unbranched alkanes of at least 4 members (excludes halogenated alkanes) is 3. The molecule has 0 radical (unpaired) electrons. The second kappa shape index (κ2) is 10.6. The van der Waals surface area contributed by atoms with Crippen molar-refractivity contribution in [2.24, 2.45) is 5.92 Å². The summed E-state index contributed by atoms with van der Waals surface area (Å²) in [6.45, 7) is 8.41. The molecule has 128 valence electrons. The molecule has 1 saturated heterocycles. The first-order valence-electron chi connectivity index (χ1n) is 8.77. The van der Waals surface area contributed by atoms with Gasteiger partial charge in [0.15, 0.2) is 0 Å². The van der Waals surface area contributed by atoms with Crippen LogP contribution in [-0.2, 0) is 14.3 Å². The molecular formula is C17H32N2O3. The monoisotopic (exact) mass is 312 g/mol. The van der Waals surface area contributed by atoms with Crippen LogP contribution in [0.25, 0.3) is 0 Å². The molecule has 1 heterocycles. The molecule has 5 heteroatoms. The second-order valence-electron chi connectivity index (χ2n) is 6.12. The summed E-state index contributed by atoms with van der Waals surface area (Å²) in [6, 6.07) is -0.449. The molecule has 1 rings (SSSR count). The van der Waals surface area contributed by atoms with Crippen molar-refractivity contribution in [1.82, 2.24) is 10.2 Å². The summed E-state index contributed by atoms with van der Waals surface area (Å²) in [6.07, 6.45) is 6.45. The number of nitrogens with one attached hydrogen (secondary N) is 1. The zero-order chi connectivity index (χ0) is 16.4. The molecule has 2 atom stereocenters. The third-order valence-corrected chi connectivity index (χ3v) is 4.32. The van der Waals surface area contributed by atoms with E-state index in [0.717, 1.165) is 19.3 Å². The van der Waals surface area contributed by atoms with Crippen molar-refractivity contribution in [3.05, 3.63) is 0 Å². The van der Waals surface area contributed by atoms with Crippen molar-refractivity contribution in [2.45, 2.75) is 65.3 Å². The van der Waals surface area contributed by atoms with Gasteiger partial charge in [-0.2, -0.15) is 0 Å². The average Bonchev–Trinajstić information content (AvgIpc) is 2.54. The smallest absolute Gasteiger partial charge is 0.245 e. The number of morpholine rings is 1. The summed E-state index contributed by atoms with van der Waals surface area (Å²) in [5.41, 5.74) is 0. The minimum absolute atomic E-state index is 0.00233. The van der Waals surface area contributed by atoms with E-state index in [0.29, 0.717) is 26.3 Å². The van der Waals surface area contributed by atoms with E-state index in [9.17, 15) is 9.59 Å². The maximum absolute atomic E-state index is 12.3. The number of hydrogen-bond acceptors (Lipinski definition) is 3. The Balaban J connectivity index is 2.37. The zero-order valence-electron chi connectivity index (χ0n) is 14.4. The van der Waals surface area contributed by atoms with Crippen LogP contribution in [-0.4, -0.2) is 49.1 Å². The molecule has 1 N–H and O–H groups in total. The van der Waals surface area contributed by atoms with Gasteiger partial charge < -0.3 is 15.0 Å². The quantitative estimate of drug-likeness (QED) is 0.665. The third kappa shape index (κ3) is 6.34. The van der Waals surface area contributed by atoms with E-state index in [4.69, 9.17) is 4.74 Å². The molecule has 1 aliphatic heterocycles. The lowest BCUT2D eigenvalue weighted by Crippen LogP contribution is -2.51. The van der Waals surface area contributed by atoms with Crippen molar-refractivity contribution in [2.75, 3.05) is 26.3 Å². The van der Waals surface area contributed by atoms with Crippen LogP contribution in [0, 0.1) is 5.92 Å². The zero-order valence-corrected chi connectivity index (χ0v) is 14.4. The Morgan fingerprint density at radius 2 is 1.82 bits per heavy atom. The van der Waals surface area contributed by atoms with Crippen molar-refractivity contribution in [1.29, 1.82) is 0 Å². The predicted molar refractivity (Wildman–Crippen MR) is 87.5 cm³/mol. The van der Waals surface area contributed by atoms with E-state index in [1.165, 1.54) is 19.3 Å². The van der Waals surface area contributed by atoms with Crippen LogP contribution in [0.15, 0.2) is 0 Å². The van der Waals surface area contributed by atoms with Gasteiger partial charge in [0.25, 0.3) is 0 Å². The summed E-state index contributed by atoms with van der Waals surface area (Å²) >= 11 is 0. The van der Waals surface area contributed by atoms with E-state index in [2.05, 4.69) is 12.2 Å². The molecule has 0 bridgehead atoms. The number of hydrogen-bond donors (Lipinski definition) is 1. The van der Waals surface area contributed by atoms with E-state index >= 15 is 0 Å². The number of ether oxygens (including phenoxy) is 1. The molecule has 0 saturated carbocycles. The Hall–Kier alpha value is -1.10. The Bertz CT molecular complexity index is 341. The van der Waals surface area contributed by atoms with Gasteiger partial charge in [-0.05, 0) is 19.8 Å². The topological polar surface area (TPSA) is 58.6 Å². The van der Waals surface area contributed by atoms with Crippen LogP contribution in [0.4, 0.5) is 0 Å². The number of rotatable bonds is 9. The minimum Gasteiger partial charge on any atom is -0.378 e. The largest absolute Gasteiger partial charge is 0.378 e. The molecule has 1 aliphatic rings. The number of amides is 2. The van der Waals surface area contributed by atoms with Gasteiger partial charge in [-0.25, -0.2) is 0 Å². The molecule has 0 aromatic carbocycles. The van der Waals surface area contributed by atoms with Crippen molar-refractivity contribution >= 4 is 11.8 Å². The third-order valence-electron chi connectivity index (χ3n) is 4.32. The lowest BCUT2D eigenvalue weighted by Gasteiger charge is -2.30. The molecule has 5 nitrogen and oxygen atoms in total. The molecule has 22 heavy (non-hydrogen) atoms.